The predicted molar refractivity (Wildman–Crippen MR) is 87.5 cm³/mol. The van der Waals surface area contributed by atoms with Crippen molar-refractivity contribution < 1.29 is 4.74 Å². The van der Waals surface area contributed by atoms with Crippen LogP contribution in [0.5, 0.6) is 5.75 Å². The summed E-state index contributed by atoms with van der Waals surface area (Å²) in [6, 6.07) is 13.9. The van der Waals surface area contributed by atoms with Crippen LogP contribution in [0.25, 0.3) is 0 Å². The topological polar surface area (TPSA) is 9.23 Å². The largest absolute Gasteiger partial charge is 0.493 e. The molecule has 0 aliphatic rings. The first-order valence-corrected chi connectivity index (χ1v) is 8.02. The summed E-state index contributed by atoms with van der Waals surface area (Å²) in [4.78, 5) is 0.109. The molecule has 0 saturated heterocycles. The molecule has 0 spiro atoms. The lowest BCUT2D eigenvalue weighted by Crippen LogP contribution is -1.96. The third kappa shape index (κ3) is 3.74. The minimum Gasteiger partial charge on any atom is -0.493 e. The fourth-order valence-electron chi connectivity index (χ4n) is 1.80. The molecule has 0 N–H and O–H groups in total. The molecule has 0 aliphatic carbocycles. The van der Waals surface area contributed by atoms with Crippen molar-refractivity contribution in [2.24, 2.45) is 0 Å². The molecule has 0 radical (unpaired) electrons. The van der Waals surface area contributed by atoms with Gasteiger partial charge in [-0.15, -0.1) is 0 Å². The molecule has 1 atom stereocenters. The van der Waals surface area contributed by atoms with E-state index >= 15 is 0 Å². The molecule has 0 aliphatic heterocycles. The number of rotatable bonds is 4. The van der Waals surface area contributed by atoms with Gasteiger partial charge in [-0.3, -0.25) is 0 Å². The van der Waals surface area contributed by atoms with E-state index in [0.717, 1.165) is 26.4 Å². The van der Waals surface area contributed by atoms with Crippen LogP contribution in [-0.2, 0) is 0 Å². The van der Waals surface area contributed by atoms with Crippen molar-refractivity contribution in [1.29, 1.82) is 0 Å². The first-order chi connectivity index (χ1) is 9.11. The lowest BCUT2D eigenvalue weighted by atomic mass is 10.0. The summed E-state index contributed by atoms with van der Waals surface area (Å²) in [5, 5.41) is 0.743. The molecule has 0 heterocycles. The molecule has 2 aromatic rings. The van der Waals surface area contributed by atoms with Crippen LogP contribution in [0.15, 0.2) is 46.9 Å². The molecule has 0 bridgehead atoms. The first kappa shape index (κ1) is 14.9. The fourth-order valence-corrected chi connectivity index (χ4v) is 3.08. The van der Waals surface area contributed by atoms with Gasteiger partial charge in [0, 0.05) is 5.02 Å². The molecule has 0 saturated carbocycles. The molecule has 0 aromatic heterocycles. The van der Waals surface area contributed by atoms with E-state index < -0.39 is 0 Å². The van der Waals surface area contributed by atoms with Gasteiger partial charge in [-0.25, -0.2) is 0 Å². The van der Waals surface area contributed by atoms with Gasteiger partial charge in [-0.1, -0.05) is 45.7 Å². The molecule has 100 valence electrons. The molecule has 4 heteroatoms. The lowest BCUT2D eigenvalue weighted by Gasteiger charge is -2.13. The van der Waals surface area contributed by atoms with Crippen molar-refractivity contribution in [3.8, 4) is 5.75 Å². The molecular weight excluding hydrogens is 391 g/mol. The summed E-state index contributed by atoms with van der Waals surface area (Å²) >= 11 is 13.3. The minimum atomic E-state index is 0.109. The Hall–Kier alpha value is -0.510. The fraction of sp³-hybridized carbons (Fsp3) is 0.200. The highest BCUT2D eigenvalue weighted by Crippen LogP contribution is 2.36. The van der Waals surface area contributed by atoms with Crippen LogP contribution in [-0.4, -0.2) is 6.61 Å². The van der Waals surface area contributed by atoms with Gasteiger partial charge >= 0.3 is 0 Å². The van der Waals surface area contributed by atoms with Crippen LogP contribution in [0.1, 0.15) is 22.9 Å². The summed E-state index contributed by atoms with van der Waals surface area (Å²) in [7, 11) is 0. The maximum absolute atomic E-state index is 6.02. The number of alkyl halides is 1. The number of benzene rings is 2. The molecule has 0 fully saturated rings. The molecule has 0 amide bonds. The van der Waals surface area contributed by atoms with Gasteiger partial charge in [-0.2, -0.15) is 0 Å². The summed E-state index contributed by atoms with van der Waals surface area (Å²) < 4.78 is 6.47. The van der Waals surface area contributed by atoms with E-state index in [2.05, 4.69) is 50.1 Å². The molecule has 2 rings (SSSR count). The van der Waals surface area contributed by atoms with Crippen molar-refractivity contribution in [2.75, 3.05) is 6.61 Å². The predicted octanol–water partition coefficient (Wildman–Crippen LogP) is 5.99. The van der Waals surface area contributed by atoms with Crippen molar-refractivity contribution >= 4 is 43.5 Å². The molecular formula is C15H13Br2ClO. The van der Waals surface area contributed by atoms with Crippen molar-refractivity contribution in [1.82, 2.24) is 0 Å². The van der Waals surface area contributed by atoms with E-state index in [1.807, 2.05) is 31.2 Å². The Bertz CT molecular complexity index is 572. The zero-order valence-electron chi connectivity index (χ0n) is 10.4. The Morgan fingerprint density at radius 2 is 1.89 bits per heavy atom. The number of hydrogen-bond donors (Lipinski definition) is 0. The molecule has 19 heavy (non-hydrogen) atoms. The van der Waals surface area contributed by atoms with Gasteiger partial charge in [0.05, 0.1) is 15.9 Å². The quantitative estimate of drug-likeness (QED) is 0.569. The van der Waals surface area contributed by atoms with Gasteiger partial charge < -0.3 is 4.74 Å². The highest BCUT2D eigenvalue weighted by molar-refractivity contribution is 9.10. The summed E-state index contributed by atoms with van der Waals surface area (Å²) in [5.74, 6) is 0.858. The van der Waals surface area contributed by atoms with E-state index in [9.17, 15) is 0 Å². The number of halogens is 3. The third-order valence-corrected chi connectivity index (χ3v) is 4.60. The van der Waals surface area contributed by atoms with Crippen molar-refractivity contribution in [3.05, 3.63) is 63.1 Å². The average Bonchev–Trinajstić information content (AvgIpc) is 2.40. The molecule has 1 nitrogen and oxygen atoms in total. The molecule has 1 unspecified atom stereocenters. The summed E-state index contributed by atoms with van der Waals surface area (Å²) in [6.45, 7) is 2.63. The van der Waals surface area contributed by atoms with Gasteiger partial charge in [-0.05, 0) is 58.2 Å². The van der Waals surface area contributed by atoms with Crippen LogP contribution in [0.4, 0.5) is 0 Å². The summed E-state index contributed by atoms with van der Waals surface area (Å²) in [5.41, 5.74) is 2.28. The van der Waals surface area contributed by atoms with Crippen LogP contribution < -0.4 is 4.74 Å². The zero-order chi connectivity index (χ0) is 13.8. The van der Waals surface area contributed by atoms with Gasteiger partial charge in [0.2, 0.25) is 0 Å². The van der Waals surface area contributed by atoms with E-state index in [-0.39, 0.29) is 4.83 Å². The summed E-state index contributed by atoms with van der Waals surface area (Å²) in [6.07, 6.45) is 0. The first-order valence-electron chi connectivity index (χ1n) is 5.93. The Labute approximate surface area is 135 Å². The SMILES string of the molecule is CCOc1ccc(C(Br)c2cccc(Cl)c2)cc1Br. The van der Waals surface area contributed by atoms with Gasteiger partial charge in [0.1, 0.15) is 5.75 Å². The second-order valence-corrected chi connectivity index (χ2v) is 6.25. The van der Waals surface area contributed by atoms with E-state index in [0.29, 0.717) is 6.61 Å². The van der Waals surface area contributed by atoms with Crippen LogP contribution >= 0.6 is 43.5 Å². The normalized spacial score (nSPS) is 12.2. The highest BCUT2D eigenvalue weighted by atomic mass is 79.9. The minimum absolute atomic E-state index is 0.109. The Balaban J connectivity index is 2.29. The van der Waals surface area contributed by atoms with Gasteiger partial charge in [0.25, 0.3) is 0 Å². The Kier molecular flexibility index (Phi) is 5.31. The van der Waals surface area contributed by atoms with Crippen molar-refractivity contribution in [2.45, 2.75) is 11.8 Å². The maximum Gasteiger partial charge on any atom is 0.133 e. The number of hydrogen-bond acceptors (Lipinski definition) is 1. The van der Waals surface area contributed by atoms with E-state index in [1.165, 1.54) is 0 Å². The monoisotopic (exact) mass is 402 g/mol. The third-order valence-electron chi connectivity index (χ3n) is 2.69. The lowest BCUT2D eigenvalue weighted by molar-refractivity contribution is 0.338. The van der Waals surface area contributed by atoms with E-state index in [1.54, 1.807) is 0 Å². The van der Waals surface area contributed by atoms with Gasteiger partial charge in [0.15, 0.2) is 0 Å². The Morgan fingerprint density at radius 3 is 2.53 bits per heavy atom. The smallest absolute Gasteiger partial charge is 0.133 e. The zero-order valence-corrected chi connectivity index (χ0v) is 14.3. The number of ether oxygens (including phenoxy) is 1. The highest BCUT2D eigenvalue weighted by Gasteiger charge is 2.12. The van der Waals surface area contributed by atoms with E-state index in [4.69, 9.17) is 16.3 Å². The average molecular weight is 405 g/mol. The second-order valence-electron chi connectivity index (χ2n) is 4.04. The standard InChI is InChI=1S/C15H13Br2ClO/c1-2-19-14-7-6-11(9-13(14)16)15(17)10-4-3-5-12(18)8-10/h3-9,15H,2H2,1H3. The van der Waals surface area contributed by atoms with Crippen LogP contribution in [0.2, 0.25) is 5.02 Å². The maximum atomic E-state index is 6.02. The van der Waals surface area contributed by atoms with Crippen molar-refractivity contribution in [3.63, 3.8) is 0 Å². The van der Waals surface area contributed by atoms with Crippen LogP contribution in [0, 0.1) is 0 Å². The second kappa shape index (κ2) is 6.78. The molecule has 2 aromatic carbocycles. The Morgan fingerprint density at radius 1 is 1.16 bits per heavy atom. The van der Waals surface area contributed by atoms with Crippen LogP contribution in [0.3, 0.4) is 0 Å².